The van der Waals surface area contributed by atoms with E-state index in [1.807, 2.05) is 41.3 Å². The lowest BCUT2D eigenvalue weighted by Crippen LogP contribution is -2.57. The van der Waals surface area contributed by atoms with Gasteiger partial charge in [-0.25, -0.2) is 19.0 Å². The van der Waals surface area contributed by atoms with Crippen LogP contribution in [-0.4, -0.2) is 54.2 Å². The van der Waals surface area contributed by atoms with Crippen LogP contribution in [0.5, 0.6) is 0 Å². The largest absolute Gasteiger partial charge is 0.319 e. The second-order valence-electron chi connectivity index (χ2n) is 7.27. The molecule has 26 heavy (non-hydrogen) atoms. The number of nitrogens with two attached hydrogens (primary N) is 1. The molecule has 1 aliphatic rings. The van der Waals surface area contributed by atoms with Gasteiger partial charge in [-0.1, -0.05) is 0 Å². The Bertz CT molecular complexity index is 1100. The summed E-state index contributed by atoms with van der Waals surface area (Å²) >= 11 is 0. The fourth-order valence-electron chi connectivity index (χ4n) is 3.63. The van der Waals surface area contributed by atoms with E-state index in [0.717, 1.165) is 35.3 Å². The Labute approximate surface area is 150 Å². The van der Waals surface area contributed by atoms with Gasteiger partial charge in [0.05, 0.1) is 22.9 Å². The lowest BCUT2D eigenvalue weighted by molar-refractivity contribution is 0.0865. The van der Waals surface area contributed by atoms with Gasteiger partial charge in [-0.2, -0.15) is 10.2 Å². The first-order valence-electron chi connectivity index (χ1n) is 8.64. The van der Waals surface area contributed by atoms with Gasteiger partial charge < -0.3 is 10.6 Å². The van der Waals surface area contributed by atoms with E-state index in [1.54, 1.807) is 10.7 Å². The molecule has 0 aliphatic heterocycles. The zero-order valence-electron chi connectivity index (χ0n) is 14.7. The quantitative estimate of drug-likeness (QED) is 0.600. The first kappa shape index (κ1) is 15.4. The van der Waals surface area contributed by atoms with E-state index in [1.165, 1.54) is 0 Å². The molecule has 4 heterocycles. The van der Waals surface area contributed by atoms with Crippen molar-refractivity contribution in [1.82, 2.24) is 34.1 Å². The van der Waals surface area contributed by atoms with Crippen molar-refractivity contribution in [2.75, 3.05) is 14.1 Å². The minimum Gasteiger partial charge on any atom is -0.319 e. The molecule has 0 saturated heterocycles. The molecular weight excluding hydrogens is 328 g/mol. The van der Waals surface area contributed by atoms with Crippen LogP contribution in [0.15, 0.2) is 43.0 Å². The van der Waals surface area contributed by atoms with E-state index in [9.17, 15) is 0 Å². The summed E-state index contributed by atoms with van der Waals surface area (Å²) in [6.07, 6.45) is 9.09. The molecule has 8 nitrogen and oxygen atoms in total. The molecule has 132 valence electrons. The molecule has 1 fully saturated rings. The van der Waals surface area contributed by atoms with Gasteiger partial charge in [0.2, 0.25) is 0 Å². The van der Waals surface area contributed by atoms with Crippen molar-refractivity contribution in [3.05, 3.63) is 48.8 Å². The smallest absolute Gasteiger partial charge is 0.169 e. The van der Waals surface area contributed by atoms with Gasteiger partial charge in [0.1, 0.15) is 0 Å². The molecule has 2 N–H and O–H groups in total. The third-order valence-corrected chi connectivity index (χ3v) is 5.32. The van der Waals surface area contributed by atoms with Crippen molar-refractivity contribution in [2.24, 2.45) is 5.73 Å². The highest BCUT2D eigenvalue weighted by atomic mass is 15.3. The van der Waals surface area contributed by atoms with Crippen LogP contribution in [0, 0.1) is 0 Å². The molecule has 0 amide bonds. The predicted octanol–water partition coefficient (Wildman–Crippen LogP) is 1.32. The molecule has 0 spiro atoms. The molecule has 0 bridgehead atoms. The van der Waals surface area contributed by atoms with Crippen LogP contribution in [0.4, 0.5) is 0 Å². The summed E-state index contributed by atoms with van der Waals surface area (Å²) in [5.41, 5.74) is 9.65. The molecular formula is C18H20N8. The predicted molar refractivity (Wildman–Crippen MR) is 97.5 cm³/mol. The highest BCUT2D eigenvalue weighted by Crippen LogP contribution is 2.39. The Hall–Kier alpha value is -2.84. The summed E-state index contributed by atoms with van der Waals surface area (Å²) < 4.78 is 3.60. The summed E-state index contributed by atoms with van der Waals surface area (Å²) in [5, 5.41) is 9.29. The van der Waals surface area contributed by atoms with Crippen LogP contribution in [0.2, 0.25) is 0 Å². The third kappa shape index (κ3) is 2.23. The number of nitrogens with zero attached hydrogens (tertiary/aromatic N) is 7. The Morgan fingerprint density at radius 1 is 1.08 bits per heavy atom. The fourth-order valence-corrected chi connectivity index (χ4v) is 3.63. The standard InChI is InChI=1S/C18H20N8/c1-24(2)12-9-18(19,10-12)17-21-11-15-13(5-7-25(15)23-17)14-3-4-16-20-6-8-26(16)22-14/h3-8,11-12H,9-10,19H2,1-2H3. The van der Waals surface area contributed by atoms with Crippen LogP contribution in [0.25, 0.3) is 22.4 Å². The lowest BCUT2D eigenvalue weighted by Gasteiger charge is -2.46. The average Bonchev–Trinajstić information content (AvgIpc) is 3.23. The maximum atomic E-state index is 6.52. The van der Waals surface area contributed by atoms with Crippen molar-refractivity contribution in [3.63, 3.8) is 0 Å². The van der Waals surface area contributed by atoms with Gasteiger partial charge in [0.25, 0.3) is 0 Å². The maximum Gasteiger partial charge on any atom is 0.169 e. The Kier molecular flexibility index (Phi) is 3.16. The number of rotatable bonds is 3. The number of aromatic nitrogens is 6. The number of imidazole rings is 1. The molecule has 0 unspecified atom stereocenters. The van der Waals surface area contributed by atoms with Gasteiger partial charge in [-0.3, -0.25) is 0 Å². The summed E-state index contributed by atoms with van der Waals surface area (Å²) in [6.45, 7) is 0. The van der Waals surface area contributed by atoms with E-state index in [-0.39, 0.29) is 0 Å². The first-order chi connectivity index (χ1) is 12.5. The molecule has 1 aliphatic carbocycles. The Morgan fingerprint density at radius 2 is 1.92 bits per heavy atom. The van der Waals surface area contributed by atoms with Crippen LogP contribution in [0.1, 0.15) is 18.7 Å². The zero-order valence-corrected chi connectivity index (χ0v) is 14.7. The van der Waals surface area contributed by atoms with Gasteiger partial charge in [-0.15, -0.1) is 0 Å². The monoisotopic (exact) mass is 348 g/mol. The third-order valence-electron chi connectivity index (χ3n) is 5.32. The number of fused-ring (bicyclic) bond motifs is 2. The van der Waals surface area contributed by atoms with Crippen molar-refractivity contribution < 1.29 is 0 Å². The van der Waals surface area contributed by atoms with E-state index in [4.69, 9.17) is 5.73 Å². The summed E-state index contributed by atoms with van der Waals surface area (Å²) in [5.74, 6) is 0.697. The van der Waals surface area contributed by atoms with Gasteiger partial charge >= 0.3 is 0 Å². The van der Waals surface area contributed by atoms with E-state index < -0.39 is 5.54 Å². The normalized spacial score (nSPS) is 23.0. The molecule has 0 atom stereocenters. The molecule has 4 aromatic heterocycles. The first-order valence-corrected chi connectivity index (χ1v) is 8.64. The van der Waals surface area contributed by atoms with Crippen LogP contribution in [0.3, 0.4) is 0 Å². The second kappa shape index (κ2) is 5.33. The highest BCUT2D eigenvalue weighted by Gasteiger charge is 2.45. The molecule has 0 aromatic carbocycles. The van der Waals surface area contributed by atoms with Crippen LogP contribution in [-0.2, 0) is 5.54 Å². The summed E-state index contributed by atoms with van der Waals surface area (Å²) in [6, 6.07) is 6.41. The van der Waals surface area contributed by atoms with Gasteiger partial charge in [-0.05, 0) is 45.1 Å². The van der Waals surface area contributed by atoms with Crippen molar-refractivity contribution >= 4 is 11.2 Å². The van der Waals surface area contributed by atoms with Crippen LogP contribution < -0.4 is 5.73 Å². The van der Waals surface area contributed by atoms with Gasteiger partial charge in [0.15, 0.2) is 11.5 Å². The van der Waals surface area contributed by atoms with E-state index >= 15 is 0 Å². The van der Waals surface area contributed by atoms with E-state index in [0.29, 0.717) is 11.9 Å². The minimum absolute atomic E-state index is 0.443. The van der Waals surface area contributed by atoms with Crippen LogP contribution >= 0.6 is 0 Å². The summed E-state index contributed by atoms with van der Waals surface area (Å²) in [7, 11) is 4.16. The lowest BCUT2D eigenvalue weighted by atomic mass is 9.72. The van der Waals surface area contributed by atoms with Crippen molar-refractivity contribution in [3.8, 4) is 11.3 Å². The summed E-state index contributed by atoms with van der Waals surface area (Å²) in [4.78, 5) is 11.0. The molecule has 0 radical (unpaired) electrons. The van der Waals surface area contributed by atoms with Crippen molar-refractivity contribution in [2.45, 2.75) is 24.4 Å². The number of hydrogen-bond donors (Lipinski definition) is 1. The highest BCUT2D eigenvalue weighted by molar-refractivity contribution is 5.78. The fraction of sp³-hybridized carbons (Fsp3) is 0.333. The molecule has 4 aromatic rings. The topological polar surface area (TPSA) is 89.6 Å². The Balaban J connectivity index is 1.52. The van der Waals surface area contributed by atoms with Gasteiger partial charge in [0, 0.05) is 30.2 Å². The van der Waals surface area contributed by atoms with Crippen molar-refractivity contribution in [1.29, 1.82) is 0 Å². The number of hydrogen-bond acceptors (Lipinski definition) is 6. The molecule has 1 saturated carbocycles. The molecule has 8 heteroatoms. The molecule has 5 rings (SSSR count). The average molecular weight is 348 g/mol. The zero-order chi connectivity index (χ0) is 17.9. The van der Waals surface area contributed by atoms with E-state index in [2.05, 4.69) is 39.2 Å². The minimum atomic E-state index is -0.443. The Morgan fingerprint density at radius 3 is 2.73 bits per heavy atom. The SMILES string of the molecule is CN(C)C1CC(N)(c2ncc3c(-c4ccc5nccn5n4)ccn3n2)C1. The maximum absolute atomic E-state index is 6.52. The second-order valence-corrected chi connectivity index (χ2v) is 7.27.